The third kappa shape index (κ3) is 2.47. The zero-order valence-corrected chi connectivity index (χ0v) is 12.0. The van der Waals surface area contributed by atoms with Crippen LogP contribution in [0.1, 0.15) is 28.3 Å². The molecule has 1 unspecified atom stereocenters. The Balaban J connectivity index is 2.53. The zero-order chi connectivity index (χ0) is 13.3. The quantitative estimate of drug-likeness (QED) is 0.881. The summed E-state index contributed by atoms with van der Waals surface area (Å²) in [6.45, 7) is 3.77. The van der Waals surface area contributed by atoms with Gasteiger partial charge in [0.05, 0.1) is 6.04 Å². The molecule has 0 radical (unpaired) electrons. The molecule has 0 aromatic heterocycles. The monoisotopic (exact) mass is 307 g/mol. The van der Waals surface area contributed by atoms with Crippen LogP contribution in [-0.4, -0.2) is 0 Å². The highest BCUT2D eigenvalue weighted by Crippen LogP contribution is 2.30. The molecule has 18 heavy (non-hydrogen) atoms. The lowest BCUT2D eigenvalue weighted by molar-refractivity contribution is 0.595. The molecular weight excluding hydrogens is 293 g/mol. The molecule has 2 aromatic carbocycles. The van der Waals surface area contributed by atoms with Crippen molar-refractivity contribution in [2.24, 2.45) is 5.73 Å². The lowest BCUT2D eigenvalue weighted by atomic mass is 9.94. The predicted molar refractivity (Wildman–Crippen MR) is 76.0 cm³/mol. The smallest absolute Gasteiger partial charge is 0.128 e. The van der Waals surface area contributed by atoms with Crippen LogP contribution >= 0.6 is 15.9 Å². The van der Waals surface area contributed by atoms with Crippen LogP contribution in [0, 0.1) is 19.7 Å². The third-order valence-electron chi connectivity index (χ3n) is 3.03. The molecule has 0 aliphatic rings. The van der Waals surface area contributed by atoms with E-state index in [2.05, 4.69) is 15.9 Å². The minimum absolute atomic E-state index is 0.240. The second-order valence-electron chi connectivity index (χ2n) is 4.48. The molecular formula is C15H15BrFN. The molecule has 0 heterocycles. The average molecular weight is 308 g/mol. The molecule has 94 valence electrons. The van der Waals surface area contributed by atoms with Gasteiger partial charge in [0.1, 0.15) is 5.82 Å². The first-order valence-corrected chi connectivity index (χ1v) is 6.56. The maximum absolute atomic E-state index is 14.1. The van der Waals surface area contributed by atoms with Gasteiger partial charge in [0.25, 0.3) is 0 Å². The Morgan fingerprint density at radius 3 is 2.44 bits per heavy atom. The van der Waals surface area contributed by atoms with Crippen LogP contribution in [0.4, 0.5) is 4.39 Å². The summed E-state index contributed by atoms with van der Waals surface area (Å²) in [5.74, 6) is -0.240. The highest BCUT2D eigenvalue weighted by atomic mass is 79.9. The van der Waals surface area contributed by atoms with E-state index in [0.717, 1.165) is 21.2 Å². The Morgan fingerprint density at radius 2 is 1.83 bits per heavy atom. The van der Waals surface area contributed by atoms with Crippen LogP contribution < -0.4 is 5.73 Å². The summed E-state index contributed by atoms with van der Waals surface area (Å²) >= 11 is 3.46. The Labute approximate surface area is 115 Å². The predicted octanol–water partition coefficient (Wildman–Crippen LogP) is 4.25. The van der Waals surface area contributed by atoms with E-state index in [1.54, 1.807) is 0 Å². The van der Waals surface area contributed by atoms with Gasteiger partial charge in [-0.2, -0.15) is 0 Å². The lowest BCUT2D eigenvalue weighted by Gasteiger charge is -2.18. The highest BCUT2D eigenvalue weighted by molar-refractivity contribution is 9.10. The van der Waals surface area contributed by atoms with E-state index in [-0.39, 0.29) is 5.82 Å². The van der Waals surface area contributed by atoms with Crippen LogP contribution in [0.15, 0.2) is 40.9 Å². The number of benzene rings is 2. The third-order valence-corrected chi connectivity index (χ3v) is 3.75. The van der Waals surface area contributed by atoms with Gasteiger partial charge in [-0.3, -0.25) is 0 Å². The van der Waals surface area contributed by atoms with Crippen LogP contribution in [0.25, 0.3) is 0 Å². The number of aryl methyl sites for hydroxylation is 2. The normalized spacial score (nSPS) is 12.5. The standard InChI is InChI=1S/C15H15BrFN/c1-9-7-10(2)14(13(17)8-9)15(18)11-5-3-4-6-12(11)16/h3-8,15H,18H2,1-2H3. The number of halogens is 2. The van der Waals surface area contributed by atoms with Gasteiger partial charge in [0, 0.05) is 10.0 Å². The molecule has 0 saturated heterocycles. The van der Waals surface area contributed by atoms with Crippen molar-refractivity contribution in [2.45, 2.75) is 19.9 Å². The number of nitrogens with two attached hydrogens (primary N) is 1. The molecule has 0 bridgehead atoms. The largest absolute Gasteiger partial charge is 0.320 e. The SMILES string of the molecule is Cc1cc(C)c(C(N)c2ccccc2Br)c(F)c1. The van der Waals surface area contributed by atoms with Crippen molar-refractivity contribution in [3.8, 4) is 0 Å². The van der Waals surface area contributed by atoms with Crippen molar-refractivity contribution in [1.82, 2.24) is 0 Å². The molecule has 2 rings (SSSR count). The zero-order valence-electron chi connectivity index (χ0n) is 10.4. The number of hydrogen-bond donors (Lipinski definition) is 1. The minimum Gasteiger partial charge on any atom is -0.320 e. The number of hydrogen-bond acceptors (Lipinski definition) is 1. The van der Waals surface area contributed by atoms with Gasteiger partial charge >= 0.3 is 0 Å². The molecule has 3 heteroatoms. The molecule has 1 nitrogen and oxygen atoms in total. The summed E-state index contributed by atoms with van der Waals surface area (Å²) in [5.41, 5.74) is 9.45. The molecule has 1 atom stereocenters. The minimum atomic E-state index is -0.457. The Morgan fingerprint density at radius 1 is 1.17 bits per heavy atom. The van der Waals surface area contributed by atoms with Gasteiger partial charge in [0.15, 0.2) is 0 Å². The van der Waals surface area contributed by atoms with E-state index in [1.807, 2.05) is 44.2 Å². The molecule has 0 spiro atoms. The van der Waals surface area contributed by atoms with E-state index in [0.29, 0.717) is 5.56 Å². The van der Waals surface area contributed by atoms with E-state index in [1.165, 1.54) is 6.07 Å². The molecule has 0 fully saturated rings. The maximum Gasteiger partial charge on any atom is 0.128 e. The summed E-state index contributed by atoms with van der Waals surface area (Å²) in [6.07, 6.45) is 0. The first-order valence-electron chi connectivity index (χ1n) is 5.77. The molecule has 2 aromatic rings. The van der Waals surface area contributed by atoms with E-state index in [4.69, 9.17) is 5.73 Å². The van der Waals surface area contributed by atoms with Crippen LogP contribution in [-0.2, 0) is 0 Å². The van der Waals surface area contributed by atoms with Crippen molar-refractivity contribution in [2.75, 3.05) is 0 Å². The molecule has 0 amide bonds. The molecule has 0 aliphatic carbocycles. The van der Waals surface area contributed by atoms with E-state index < -0.39 is 6.04 Å². The van der Waals surface area contributed by atoms with Gasteiger partial charge in [-0.25, -0.2) is 4.39 Å². The van der Waals surface area contributed by atoms with E-state index >= 15 is 0 Å². The Bertz CT molecular complexity index is 557. The Hall–Kier alpha value is -1.19. The van der Waals surface area contributed by atoms with Crippen LogP contribution in [0.5, 0.6) is 0 Å². The topological polar surface area (TPSA) is 26.0 Å². The first kappa shape index (κ1) is 13.2. The lowest BCUT2D eigenvalue weighted by Crippen LogP contribution is -2.16. The van der Waals surface area contributed by atoms with Crippen LogP contribution in [0.3, 0.4) is 0 Å². The molecule has 0 aliphatic heterocycles. The second-order valence-corrected chi connectivity index (χ2v) is 5.33. The van der Waals surface area contributed by atoms with E-state index in [9.17, 15) is 4.39 Å². The Kier molecular flexibility index (Phi) is 3.83. The van der Waals surface area contributed by atoms with Crippen molar-refractivity contribution in [3.63, 3.8) is 0 Å². The van der Waals surface area contributed by atoms with Gasteiger partial charge in [0.2, 0.25) is 0 Å². The summed E-state index contributed by atoms with van der Waals surface area (Å²) in [5, 5.41) is 0. The summed E-state index contributed by atoms with van der Waals surface area (Å²) in [6, 6.07) is 10.7. The van der Waals surface area contributed by atoms with Crippen molar-refractivity contribution in [3.05, 3.63) is 68.9 Å². The van der Waals surface area contributed by atoms with Gasteiger partial charge in [-0.1, -0.05) is 40.2 Å². The summed E-state index contributed by atoms with van der Waals surface area (Å²) in [4.78, 5) is 0. The van der Waals surface area contributed by atoms with Crippen molar-refractivity contribution in [1.29, 1.82) is 0 Å². The van der Waals surface area contributed by atoms with Crippen LogP contribution in [0.2, 0.25) is 0 Å². The van der Waals surface area contributed by atoms with Gasteiger partial charge in [-0.05, 0) is 42.7 Å². The summed E-state index contributed by atoms with van der Waals surface area (Å²) < 4.78 is 15.0. The van der Waals surface area contributed by atoms with Crippen molar-refractivity contribution < 1.29 is 4.39 Å². The molecule has 0 saturated carbocycles. The number of rotatable bonds is 2. The second kappa shape index (κ2) is 5.21. The average Bonchev–Trinajstić information content (AvgIpc) is 2.27. The highest BCUT2D eigenvalue weighted by Gasteiger charge is 2.18. The first-order chi connectivity index (χ1) is 8.50. The summed E-state index contributed by atoms with van der Waals surface area (Å²) in [7, 11) is 0. The fraction of sp³-hybridized carbons (Fsp3) is 0.200. The molecule has 2 N–H and O–H groups in total. The fourth-order valence-electron chi connectivity index (χ4n) is 2.20. The van der Waals surface area contributed by atoms with Crippen molar-refractivity contribution >= 4 is 15.9 Å². The fourth-order valence-corrected chi connectivity index (χ4v) is 2.73. The van der Waals surface area contributed by atoms with Gasteiger partial charge in [-0.15, -0.1) is 0 Å². The van der Waals surface area contributed by atoms with Gasteiger partial charge < -0.3 is 5.73 Å². The maximum atomic E-state index is 14.1.